The van der Waals surface area contributed by atoms with Crippen molar-refractivity contribution in [2.45, 2.75) is 46.1 Å². The van der Waals surface area contributed by atoms with E-state index in [4.69, 9.17) is 5.11 Å². The molecule has 0 aliphatic heterocycles. The number of carboxylic acid groups (broad SMARTS) is 1. The van der Waals surface area contributed by atoms with Crippen molar-refractivity contribution >= 4 is 11.9 Å². The average molecular weight is 258 g/mol. The lowest BCUT2D eigenvalue weighted by atomic mass is 10.1. The molecule has 0 heterocycles. The van der Waals surface area contributed by atoms with Gasteiger partial charge in [0.05, 0.1) is 6.54 Å². The van der Waals surface area contributed by atoms with Gasteiger partial charge in [-0.05, 0) is 27.3 Å². The molecule has 0 aromatic rings. The highest BCUT2D eigenvalue weighted by Crippen LogP contribution is 2.08. The molecule has 1 atom stereocenters. The van der Waals surface area contributed by atoms with Gasteiger partial charge in [0.25, 0.3) is 0 Å². The fourth-order valence-corrected chi connectivity index (χ4v) is 1.93. The summed E-state index contributed by atoms with van der Waals surface area (Å²) in [6.45, 7) is 7.37. The lowest BCUT2D eigenvalue weighted by Crippen LogP contribution is -2.45. The fourth-order valence-electron chi connectivity index (χ4n) is 1.93. The Balaban J connectivity index is 4.45. The molecule has 5 nitrogen and oxygen atoms in total. The number of carbonyl (C=O) groups is 2. The third kappa shape index (κ3) is 5.49. The highest BCUT2D eigenvalue weighted by Gasteiger charge is 2.24. The monoisotopic (exact) mass is 258 g/mol. The predicted octanol–water partition coefficient (Wildman–Crippen LogP) is 1.43. The molecule has 0 saturated carbocycles. The summed E-state index contributed by atoms with van der Waals surface area (Å²) in [6.07, 6.45) is 2.41. The minimum Gasteiger partial charge on any atom is -0.480 e. The molecule has 0 saturated heterocycles. The molecular weight excluding hydrogens is 232 g/mol. The van der Waals surface area contributed by atoms with Crippen LogP contribution in [0.1, 0.15) is 40.0 Å². The molecule has 18 heavy (non-hydrogen) atoms. The quantitative estimate of drug-likeness (QED) is 0.679. The molecule has 0 aromatic carbocycles. The van der Waals surface area contributed by atoms with E-state index in [9.17, 15) is 9.59 Å². The fraction of sp³-hybridized carbons (Fsp3) is 0.846. The van der Waals surface area contributed by atoms with Crippen LogP contribution in [0.15, 0.2) is 0 Å². The van der Waals surface area contributed by atoms with E-state index in [0.29, 0.717) is 19.5 Å². The van der Waals surface area contributed by atoms with Crippen molar-refractivity contribution < 1.29 is 14.7 Å². The molecule has 5 heteroatoms. The Kier molecular flexibility index (Phi) is 8.37. The Labute approximate surface area is 110 Å². The number of carbonyl (C=O) groups excluding carboxylic acids is 1. The summed E-state index contributed by atoms with van der Waals surface area (Å²) in [5.41, 5.74) is 0. The third-order valence-electron chi connectivity index (χ3n) is 3.15. The van der Waals surface area contributed by atoms with Gasteiger partial charge in [-0.3, -0.25) is 14.5 Å². The predicted molar refractivity (Wildman–Crippen MR) is 71.5 cm³/mol. The van der Waals surface area contributed by atoms with Gasteiger partial charge in [-0.15, -0.1) is 0 Å². The first kappa shape index (κ1) is 16.9. The van der Waals surface area contributed by atoms with Gasteiger partial charge in [-0.2, -0.15) is 0 Å². The molecule has 0 aliphatic carbocycles. The van der Waals surface area contributed by atoms with Crippen LogP contribution in [0.3, 0.4) is 0 Å². The Bertz CT molecular complexity index is 265. The zero-order chi connectivity index (χ0) is 14.1. The standard InChI is InChI=1S/C13H26N2O3/c1-5-8-9-11(13(17)18)14(4)10-12(16)15(6-2)7-3/h11H,5-10H2,1-4H3,(H,17,18). The van der Waals surface area contributed by atoms with Crippen molar-refractivity contribution in [3.05, 3.63) is 0 Å². The van der Waals surface area contributed by atoms with Crippen LogP contribution in [-0.2, 0) is 9.59 Å². The summed E-state index contributed by atoms with van der Waals surface area (Å²) in [5.74, 6) is -0.858. The van der Waals surface area contributed by atoms with Gasteiger partial charge in [-0.25, -0.2) is 0 Å². The average Bonchev–Trinajstić information content (AvgIpc) is 2.30. The number of aliphatic carboxylic acids is 1. The SMILES string of the molecule is CCCCC(C(=O)O)N(C)CC(=O)N(CC)CC. The van der Waals surface area contributed by atoms with Crippen molar-refractivity contribution in [3.8, 4) is 0 Å². The Morgan fingerprint density at radius 1 is 1.17 bits per heavy atom. The van der Waals surface area contributed by atoms with Crippen LogP contribution in [0.2, 0.25) is 0 Å². The number of carboxylic acids is 1. The molecule has 0 fully saturated rings. The second-order valence-electron chi connectivity index (χ2n) is 4.48. The number of rotatable bonds is 9. The van der Waals surface area contributed by atoms with E-state index in [1.807, 2.05) is 20.8 Å². The maximum Gasteiger partial charge on any atom is 0.320 e. The normalized spacial score (nSPS) is 12.5. The Morgan fingerprint density at radius 2 is 1.72 bits per heavy atom. The third-order valence-corrected chi connectivity index (χ3v) is 3.15. The van der Waals surface area contributed by atoms with Crippen LogP contribution in [0.4, 0.5) is 0 Å². The van der Waals surface area contributed by atoms with Gasteiger partial charge in [0.2, 0.25) is 5.91 Å². The van der Waals surface area contributed by atoms with Crippen LogP contribution in [-0.4, -0.2) is 59.5 Å². The molecule has 106 valence electrons. The lowest BCUT2D eigenvalue weighted by Gasteiger charge is -2.27. The first-order valence-corrected chi connectivity index (χ1v) is 6.68. The summed E-state index contributed by atoms with van der Waals surface area (Å²) >= 11 is 0. The molecule has 0 radical (unpaired) electrons. The van der Waals surface area contributed by atoms with Gasteiger partial charge in [-0.1, -0.05) is 19.8 Å². The second-order valence-corrected chi connectivity index (χ2v) is 4.48. The van der Waals surface area contributed by atoms with Crippen LogP contribution in [0.25, 0.3) is 0 Å². The first-order chi connectivity index (χ1) is 8.47. The number of likely N-dealkylation sites (N-methyl/N-ethyl adjacent to an activating group) is 2. The van der Waals surface area contributed by atoms with Gasteiger partial charge >= 0.3 is 5.97 Å². The molecule has 0 rings (SSSR count). The lowest BCUT2D eigenvalue weighted by molar-refractivity contribution is -0.144. The van der Waals surface area contributed by atoms with E-state index in [1.165, 1.54) is 0 Å². The Hall–Kier alpha value is -1.10. The van der Waals surface area contributed by atoms with Crippen LogP contribution < -0.4 is 0 Å². The molecule has 0 aromatic heterocycles. The molecule has 1 amide bonds. The largest absolute Gasteiger partial charge is 0.480 e. The van der Waals surface area contributed by atoms with Gasteiger partial charge < -0.3 is 10.0 Å². The van der Waals surface area contributed by atoms with Gasteiger partial charge in [0.15, 0.2) is 0 Å². The zero-order valence-electron chi connectivity index (χ0n) is 12.0. The summed E-state index contributed by atoms with van der Waals surface area (Å²) in [6, 6.07) is -0.565. The molecule has 0 bridgehead atoms. The summed E-state index contributed by atoms with van der Waals surface area (Å²) < 4.78 is 0. The van der Waals surface area contributed by atoms with Gasteiger partial charge in [0.1, 0.15) is 6.04 Å². The maximum atomic E-state index is 11.9. The van der Waals surface area contributed by atoms with Crippen LogP contribution in [0.5, 0.6) is 0 Å². The van der Waals surface area contributed by atoms with Crippen molar-refractivity contribution in [1.29, 1.82) is 0 Å². The molecule has 0 spiro atoms. The smallest absolute Gasteiger partial charge is 0.320 e. The van der Waals surface area contributed by atoms with E-state index in [2.05, 4.69) is 0 Å². The second kappa shape index (κ2) is 8.91. The first-order valence-electron chi connectivity index (χ1n) is 6.68. The van der Waals surface area contributed by atoms with Crippen molar-refractivity contribution in [3.63, 3.8) is 0 Å². The van der Waals surface area contributed by atoms with E-state index >= 15 is 0 Å². The number of amides is 1. The van der Waals surface area contributed by atoms with E-state index in [1.54, 1.807) is 16.8 Å². The summed E-state index contributed by atoms with van der Waals surface area (Å²) in [5, 5.41) is 9.17. The van der Waals surface area contributed by atoms with E-state index in [0.717, 1.165) is 12.8 Å². The van der Waals surface area contributed by atoms with Crippen molar-refractivity contribution in [2.75, 3.05) is 26.7 Å². The Morgan fingerprint density at radius 3 is 2.11 bits per heavy atom. The zero-order valence-corrected chi connectivity index (χ0v) is 12.0. The summed E-state index contributed by atoms with van der Waals surface area (Å²) in [4.78, 5) is 26.4. The topological polar surface area (TPSA) is 60.9 Å². The van der Waals surface area contributed by atoms with Gasteiger partial charge in [0, 0.05) is 13.1 Å². The van der Waals surface area contributed by atoms with E-state index in [-0.39, 0.29) is 12.5 Å². The number of unbranched alkanes of at least 4 members (excludes halogenated alkanes) is 1. The van der Waals surface area contributed by atoms with Crippen LogP contribution >= 0.6 is 0 Å². The number of nitrogens with zero attached hydrogens (tertiary/aromatic N) is 2. The molecule has 1 unspecified atom stereocenters. The summed E-state index contributed by atoms with van der Waals surface area (Å²) in [7, 11) is 1.70. The molecule has 0 aliphatic rings. The van der Waals surface area contributed by atoms with Crippen molar-refractivity contribution in [2.24, 2.45) is 0 Å². The minimum atomic E-state index is -0.849. The molecular formula is C13H26N2O3. The highest BCUT2D eigenvalue weighted by atomic mass is 16.4. The van der Waals surface area contributed by atoms with Crippen molar-refractivity contribution in [1.82, 2.24) is 9.80 Å². The highest BCUT2D eigenvalue weighted by molar-refractivity contribution is 5.80. The minimum absolute atomic E-state index is 0.00903. The number of hydrogen-bond donors (Lipinski definition) is 1. The van der Waals surface area contributed by atoms with Crippen LogP contribution in [0, 0.1) is 0 Å². The number of hydrogen-bond acceptors (Lipinski definition) is 3. The van der Waals surface area contributed by atoms with E-state index < -0.39 is 12.0 Å². The molecule has 1 N–H and O–H groups in total. The maximum absolute atomic E-state index is 11.9.